The summed E-state index contributed by atoms with van der Waals surface area (Å²) < 4.78 is 10.7. The summed E-state index contributed by atoms with van der Waals surface area (Å²) >= 11 is 0. The van der Waals surface area contributed by atoms with Gasteiger partial charge in [-0.2, -0.15) is 0 Å². The Morgan fingerprint density at radius 1 is 1.38 bits per heavy atom. The van der Waals surface area contributed by atoms with Gasteiger partial charge in [-0.25, -0.2) is 0 Å². The summed E-state index contributed by atoms with van der Waals surface area (Å²) in [6.07, 6.45) is 3.05. The van der Waals surface area contributed by atoms with Crippen molar-refractivity contribution < 1.29 is 14.3 Å². The topological polar surface area (TPSA) is 50.8 Å². The highest BCUT2D eigenvalue weighted by molar-refractivity contribution is 5.80. The Morgan fingerprint density at radius 2 is 2.05 bits per heavy atom. The number of esters is 1. The fourth-order valence-electron chi connectivity index (χ4n) is 2.49. The first kappa shape index (κ1) is 18.4. The molecule has 5 nitrogen and oxygen atoms in total. The maximum Gasteiger partial charge on any atom is 0.326 e. The van der Waals surface area contributed by atoms with Crippen LogP contribution < -0.4 is 5.32 Å². The van der Waals surface area contributed by atoms with Crippen LogP contribution in [0.3, 0.4) is 0 Å². The van der Waals surface area contributed by atoms with Gasteiger partial charge in [0.25, 0.3) is 0 Å². The molecule has 5 heteroatoms. The Morgan fingerprint density at radius 3 is 2.57 bits per heavy atom. The Balaban J connectivity index is 2.55. The Labute approximate surface area is 129 Å². The molecule has 0 aliphatic heterocycles. The van der Waals surface area contributed by atoms with Crippen LogP contribution in [-0.2, 0) is 14.3 Å². The molecule has 0 aromatic carbocycles. The van der Waals surface area contributed by atoms with Crippen molar-refractivity contribution in [1.29, 1.82) is 0 Å². The minimum Gasteiger partial charge on any atom is -0.465 e. The second kappa shape index (κ2) is 8.71. The van der Waals surface area contributed by atoms with Gasteiger partial charge in [-0.05, 0) is 54.0 Å². The number of nitrogens with zero attached hydrogens (tertiary/aromatic N) is 1. The number of hydrogen-bond donors (Lipinski definition) is 1. The molecule has 1 aliphatic carbocycles. The predicted molar refractivity (Wildman–Crippen MR) is 84.4 cm³/mol. The van der Waals surface area contributed by atoms with Gasteiger partial charge in [0.2, 0.25) is 0 Å². The highest BCUT2D eigenvalue weighted by Crippen LogP contribution is 2.26. The van der Waals surface area contributed by atoms with Crippen LogP contribution in [0.15, 0.2) is 0 Å². The van der Waals surface area contributed by atoms with Crippen LogP contribution in [-0.4, -0.2) is 61.9 Å². The molecule has 124 valence electrons. The molecule has 1 aliphatic rings. The van der Waals surface area contributed by atoms with E-state index in [4.69, 9.17) is 9.47 Å². The summed E-state index contributed by atoms with van der Waals surface area (Å²) in [6.45, 7) is 10.7. The number of likely N-dealkylation sites (N-methyl/N-ethyl adjacent to an activating group) is 1. The monoisotopic (exact) mass is 300 g/mol. The average Bonchev–Trinajstić information content (AvgIpc) is 3.22. The van der Waals surface area contributed by atoms with Gasteiger partial charge < -0.3 is 14.4 Å². The van der Waals surface area contributed by atoms with Crippen LogP contribution >= 0.6 is 0 Å². The summed E-state index contributed by atoms with van der Waals surface area (Å²) in [5, 5.41) is 3.47. The molecule has 0 aromatic rings. The fourth-order valence-corrected chi connectivity index (χ4v) is 2.49. The van der Waals surface area contributed by atoms with Crippen LogP contribution in [0, 0.1) is 0 Å². The minimum atomic E-state index is -0.601. The lowest BCUT2D eigenvalue weighted by atomic mass is 9.92. The molecule has 2 atom stereocenters. The molecular formula is C16H32N2O3. The first-order chi connectivity index (χ1) is 9.92. The molecular weight excluding hydrogens is 268 g/mol. The smallest absolute Gasteiger partial charge is 0.326 e. The minimum absolute atomic E-state index is 0.137. The van der Waals surface area contributed by atoms with Crippen molar-refractivity contribution >= 4 is 5.97 Å². The Hall–Kier alpha value is -0.650. The number of carbonyl (C=O) groups excluding carboxylic acids is 1. The van der Waals surface area contributed by atoms with E-state index in [1.807, 2.05) is 20.8 Å². The normalized spacial score (nSPS) is 19.3. The first-order valence-corrected chi connectivity index (χ1v) is 8.15. The van der Waals surface area contributed by atoms with Crippen molar-refractivity contribution in [3.63, 3.8) is 0 Å². The maximum atomic E-state index is 12.3. The standard InChI is InChI=1S/C16H32N2O3/c1-6-20-11-10-18(5)13(3)12-16(4,15(19)21-7-2)17-14-8-9-14/h13-14,17H,6-12H2,1-5H3. The summed E-state index contributed by atoms with van der Waals surface area (Å²) in [7, 11) is 2.08. The Kier molecular flexibility index (Phi) is 7.63. The van der Waals surface area contributed by atoms with Crippen LogP contribution in [0.1, 0.15) is 47.0 Å². The van der Waals surface area contributed by atoms with Gasteiger partial charge in [-0.15, -0.1) is 0 Å². The van der Waals surface area contributed by atoms with Gasteiger partial charge in [-0.3, -0.25) is 10.1 Å². The van der Waals surface area contributed by atoms with E-state index in [2.05, 4.69) is 24.2 Å². The molecule has 0 radical (unpaired) electrons. The SMILES string of the molecule is CCOCCN(C)C(C)CC(C)(NC1CC1)C(=O)OCC. The molecule has 2 unspecified atom stereocenters. The zero-order valence-corrected chi connectivity index (χ0v) is 14.3. The van der Waals surface area contributed by atoms with E-state index >= 15 is 0 Å². The third-order valence-corrected chi connectivity index (χ3v) is 4.07. The second-order valence-corrected chi connectivity index (χ2v) is 6.20. The number of nitrogens with one attached hydrogen (secondary N) is 1. The average molecular weight is 300 g/mol. The van der Waals surface area contributed by atoms with Crippen molar-refractivity contribution in [1.82, 2.24) is 10.2 Å². The molecule has 1 saturated carbocycles. The van der Waals surface area contributed by atoms with Crippen molar-refractivity contribution in [2.75, 3.05) is 33.4 Å². The van der Waals surface area contributed by atoms with E-state index in [9.17, 15) is 4.79 Å². The van der Waals surface area contributed by atoms with Gasteiger partial charge in [0.15, 0.2) is 0 Å². The molecule has 1 rings (SSSR count). The molecule has 0 spiro atoms. The van der Waals surface area contributed by atoms with E-state index in [-0.39, 0.29) is 12.0 Å². The van der Waals surface area contributed by atoms with Gasteiger partial charge in [0.05, 0.1) is 13.2 Å². The molecule has 1 N–H and O–H groups in total. The lowest BCUT2D eigenvalue weighted by Gasteiger charge is -2.34. The van der Waals surface area contributed by atoms with Gasteiger partial charge in [0, 0.05) is 25.2 Å². The third kappa shape index (κ3) is 6.32. The van der Waals surface area contributed by atoms with Crippen molar-refractivity contribution in [2.45, 2.75) is 64.6 Å². The van der Waals surface area contributed by atoms with Crippen LogP contribution in [0.4, 0.5) is 0 Å². The fraction of sp³-hybridized carbons (Fsp3) is 0.938. The molecule has 0 bridgehead atoms. The summed E-state index contributed by atoms with van der Waals surface area (Å²) in [6, 6.07) is 0.756. The Bertz CT molecular complexity index is 321. The highest BCUT2D eigenvalue weighted by atomic mass is 16.5. The maximum absolute atomic E-state index is 12.3. The third-order valence-electron chi connectivity index (χ3n) is 4.07. The van der Waals surface area contributed by atoms with Crippen molar-refractivity contribution in [2.24, 2.45) is 0 Å². The summed E-state index contributed by atoms with van der Waals surface area (Å²) in [5.74, 6) is -0.137. The number of rotatable bonds is 11. The van der Waals surface area contributed by atoms with E-state index in [1.54, 1.807) is 0 Å². The summed E-state index contributed by atoms with van der Waals surface area (Å²) in [5.41, 5.74) is -0.601. The molecule has 0 amide bonds. The second-order valence-electron chi connectivity index (χ2n) is 6.20. The molecule has 0 aromatic heterocycles. The largest absolute Gasteiger partial charge is 0.465 e. The quantitative estimate of drug-likeness (QED) is 0.466. The molecule has 1 fully saturated rings. The van der Waals surface area contributed by atoms with Crippen LogP contribution in [0.25, 0.3) is 0 Å². The first-order valence-electron chi connectivity index (χ1n) is 8.15. The van der Waals surface area contributed by atoms with E-state index in [0.29, 0.717) is 12.6 Å². The number of carbonyl (C=O) groups is 1. The van der Waals surface area contributed by atoms with Gasteiger partial charge in [0.1, 0.15) is 5.54 Å². The van der Waals surface area contributed by atoms with Gasteiger partial charge >= 0.3 is 5.97 Å². The van der Waals surface area contributed by atoms with Gasteiger partial charge in [-0.1, -0.05) is 0 Å². The molecule has 0 heterocycles. The lowest BCUT2D eigenvalue weighted by Crippen LogP contribution is -2.55. The van der Waals surface area contributed by atoms with E-state index in [0.717, 1.165) is 39.0 Å². The lowest BCUT2D eigenvalue weighted by molar-refractivity contribution is -0.151. The van der Waals surface area contributed by atoms with Crippen molar-refractivity contribution in [3.05, 3.63) is 0 Å². The summed E-state index contributed by atoms with van der Waals surface area (Å²) in [4.78, 5) is 14.6. The zero-order chi connectivity index (χ0) is 15.9. The molecule has 0 saturated heterocycles. The van der Waals surface area contributed by atoms with Crippen molar-refractivity contribution in [3.8, 4) is 0 Å². The predicted octanol–water partition coefficient (Wildman–Crippen LogP) is 1.81. The van der Waals surface area contributed by atoms with Crippen LogP contribution in [0.2, 0.25) is 0 Å². The number of hydrogen-bond acceptors (Lipinski definition) is 5. The highest BCUT2D eigenvalue weighted by Gasteiger charge is 2.41. The molecule has 21 heavy (non-hydrogen) atoms. The number of ether oxygens (including phenoxy) is 2. The van der Waals surface area contributed by atoms with E-state index in [1.165, 1.54) is 0 Å². The van der Waals surface area contributed by atoms with E-state index < -0.39 is 5.54 Å². The zero-order valence-electron chi connectivity index (χ0n) is 14.3. The van der Waals surface area contributed by atoms with Crippen LogP contribution in [0.5, 0.6) is 0 Å².